The molecular weight excluding hydrogens is 276 g/mol. The molecule has 0 nitrogen and oxygen atoms in total. The first-order valence-corrected chi connectivity index (χ1v) is 9.51. The van der Waals surface area contributed by atoms with Gasteiger partial charge in [0.25, 0.3) is 0 Å². The van der Waals surface area contributed by atoms with Gasteiger partial charge in [0.05, 0.1) is 0 Å². The van der Waals surface area contributed by atoms with Gasteiger partial charge in [-0.3, -0.25) is 0 Å². The zero-order valence-electron chi connectivity index (χ0n) is 11.3. The van der Waals surface area contributed by atoms with Gasteiger partial charge in [-0.05, 0) is 23.9 Å². The molecule has 0 saturated carbocycles. The number of benzene rings is 2. The summed E-state index contributed by atoms with van der Waals surface area (Å²) >= 11 is 1.87. The fourth-order valence-corrected chi connectivity index (χ4v) is 5.95. The summed E-state index contributed by atoms with van der Waals surface area (Å²) in [6, 6.07) is 27.7. The van der Waals surface area contributed by atoms with E-state index in [0.29, 0.717) is 0 Å². The Morgan fingerprint density at radius 3 is 1.80 bits per heavy atom. The lowest BCUT2D eigenvalue weighted by Crippen LogP contribution is -2.42. The fourth-order valence-electron chi connectivity index (χ4n) is 2.44. The van der Waals surface area contributed by atoms with E-state index in [-0.39, 0.29) is 0 Å². The van der Waals surface area contributed by atoms with Crippen molar-refractivity contribution in [2.24, 2.45) is 0 Å². The second-order valence-electron chi connectivity index (χ2n) is 4.79. The van der Waals surface area contributed by atoms with Crippen molar-refractivity contribution in [2.75, 3.05) is 0 Å². The van der Waals surface area contributed by atoms with Crippen molar-refractivity contribution in [3.63, 3.8) is 0 Å². The molecule has 3 aromatic rings. The van der Waals surface area contributed by atoms with E-state index >= 15 is 0 Å². The van der Waals surface area contributed by atoms with Crippen LogP contribution in [0, 0.1) is 0 Å². The molecule has 3 rings (SSSR count). The summed E-state index contributed by atoms with van der Waals surface area (Å²) in [5, 5.41) is 5.20. The third-order valence-electron chi connectivity index (χ3n) is 3.45. The minimum absolute atomic E-state index is 0.669. The smallest absolute Gasteiger partial charge is 0.121 e. The Labute approximate surface area is 126 Å². The summed E-state index contributed by atoms with van der Waals surface area (Å²) in [6.45, 7) is 0. The molecule has 0 aliphatic heterocycles. The monoisotopic (exact) mass is 293 g/mol. The second-order valence-corrected chi connectivity index (χ2v) is 8.43. The maximum absolute atomic E-state index is 2.29. The van der Waals surface area contributed by atoms with Crippen molar-refractivity contribution in [1.82, 2.24) is 0 Å². The van der Waals surface area contributed by atoms with Crippen molar-refractivity contribution in [3.05, 3.63) is 83.1 Å². The minimum Gasteiger partial charge on any atom is -0.149 e. The molecule has 0 atom stereocenters. The van der Waals surface area contributed by atoms with Gasteiger partial charge in [-0.1, -0.05) is 77.1 Å². The molecule has 0 unspecified atom stereocenters. The van der Waals surface area contributed by atoms with Gasteiger partial charge in [0, 0.05) is 4.88 Å². The van der Waals surface area contributed by atoms with Crippen molar-refractivity contribution in [1.29, 1.82) is 0 Å². The summed E-state index contributed by atoms with van der Waals surface area (Å²) in [7, 11) is -0.669. The Bertz CT molecular complexity index is 578. The standard InChI is InChI=1S/C18H17SSi/c1-3-9-17(10-4-1)20(18-11-5-2-6-12-18)15-13-16-8-7-14-19-16/h1-12,14H,13,15H2. The molecule has 99 valence electrons. The molecule has 2 aromatic carbocycles. The van der Waals surface area contributed by atoms with Crippen molar-refractivity contribution >= 4 is 30.5 Å². The highest BCUT2D eigenvalue weighted by molar-refractivity contribution is 7.10. The Morgan fingerprint density at radius 2 is 1.30 bits per heavy atom. The molecule has 0 N–H and O–H groups in total. The fraction of sp³-hybridized carbons (Fsp3) is 0.111. The molecule has 0 fully saturated rings. The summed E-state index contributed by atoms with van der Waals surface area (Å²) in [4.78, 5) is 1.50. The zero-order chi connectivity index (χ0) is 13.6. The summed E-state index contributed by atoms with van der Waals surface area (Å²) in [5.74, 6) is 0. The largest absolute Gasteiger partial charge is 0.149 e. The van der Waals surface area contributed by atoms with Gasteiger partial charge < -0.3 is 0 Å². The van der Waals surface area contributed by atoms with Crippen LogP contribution in [0.15, 0.2) is 78.2 Å². The quantitative estimate of drug-likeness (QED) is 0.631. The molecule has 20 heavy (non-hydrogen) atoms. The SMILES string of the molecule is c1ccc([Si](CCc2cccs2)c2ccccc2)cc1. The molecule has 0 bridgehead atoms. The average Bonchev–Trinajstić information content (AvgIpc) is 3.03. The van der Waals surface area contributed by atoms with E-state index in [0.717, 1.165) is 0 Å². The highest BCUT2D eigenvalue weighted by Gasteiger charge is 2.16. The molecule has 1 aromatic heterocycles. The molecule has 2 heteroatoms. The first-order chi connectivity index (χ1) is 9.93. The van der Waals surface area contributed by atoms with Gasteiger partial charge in [-0.2, -0.15) is 0 Å². The maximum atomic E-state index is 2.29. The summed E-state index contributed by atoms with van der Waals surface area (Å²) < 4.78 is 0. The van der Waals surface area contributed by atoms with E-state index < -0.39 is 8.80 Å². The van der Waals surface area contributed by atoms with Gasteiger partial charge >= 0.3 is 0 Å². The highest BCUT2D eigenvalue weighted by Crippen LogP contribution is 2.12. The van der Waals surface area contributed by atoms with E-state index in [4.69, 9.17) is 0 Å². The van der Waals surface area contributed by atoms with Crippen LogP contribution in [-0.4, -0.2) is 8.80 Å². The van der Waals surface area contributed by atoms with Crippen LogP contribution in [0.1, 0.15) is 4.88 Å². The third-order valence-corrected chi connectivity index (χ3v) is 7.19. The molecule has 0 aliphatic rings. The average molecular weight is 293 g/mol. The Balaban J connectivity index is 1.84. The van der Waals surface area contributed by atoms with Crippen molar-refractivity contribution in [3.8, 4) is 0 Å². The van der Waals surface area contributed by atoms with Crippen molar-refractivity contribution in [2.45, 2.75) is 12.5 Å². The third kappa shape index (κ3) is 3.27. The summed E-state index contributed by atoms with van der Waals surface area (Å²) in [5.41, 5.74) is 0. The Morgan fingerprint density at radius 1 is 0.700 bits per heavy atom. The topological polar surface area (TPSA) is 0 Å². The number of hydrogen-bond acceptors (Lipinski definition) is 1. The predicted octanol–water partition coefficient (Wildman–Crippen LogP) is 3.60. The first-order valence-electron chi connectivity index (χ1n) is 6.92. The van der Waals surface area contributed by atoms with Crippen molar-refractivity contribution < 1.29 is 0 Å². The van der Waals surface area contributed by atoms with Gasteiger partial charge in [-0.25, -0.2) is 0 Å². The lowest BCUT2D eigenvalue weighted by Gasteiger charge is -2.15. The van der Waals surface area contributed by atoms with Crippen LogP contribution in [0.25, 0.3) is 0 Å². The van der Waals surface area contributed by atoms with E-state index in [9.17, 15) is 0 Å². The van der Waals surface area contributed by atoms with Gasteiger partial charge in [0.15, 0.2) is 0 Å². The Kier molecular flexibility index (Phi) is 4.46. The van der Waals surface area contributed by atoms with Crippen LogP contribution < -0.4 is 10.4 Å². The maximum Gasteiger partial charge on any atom is 0.121 e. The molecule has 0 spiro atoms. The van der Waals surface area contributed by atoms with Crippen LogP contribution in [0.5, 0.6) is 0 Å². The molecule has 0 amide bonds. The Hall–Kier alpha value is -1.64. The lowest BCUT2D eigenvalue weighted by molar-refractivity contribution is 1.16. The number of thiophene rings is 1. The summed E-state index contributed by atoms with van der Waals surface area (Å²) in [6.07, 6.45) is 1.19. The van der Waals surface area contributed by atoms with Gasteiger partial charge in [0.2, 0.25) is 0 Å². The molecule has 0 saturated heterocycles. The molecule has 1 heterocycles. The number of rotatable bonds is 5. The minimum atomic E-state index is -0.669. The number of aryl methyl sites for hydroxylation is 1. The van der Waals surface area contributed by atoms with Crippen LogP contribution in [0.4, 0.5) is 0 Å². The van der Waals surface area contributed by atoms with Crippen LogP contribution in [0.3, 0.4) is 0 Å². The predicted molar refractivity (Wildman–Crippen MR) is 90.7 cm³/mol. The van der Waals surface area contributed by atoms with Crippen LogP contribution in [0.2, 0.25) is 6.04 Å². The molecular formula is C18H17SSi. The normalized spacial score (nSPS) is 10.8. The molecule has 0 aliphatic carbocycles. The molecule has 1 radical (unpaired) electrons. The van der Waals surface area contributed by atoms with E-state index in [1.807, 2.05) is 11.3 Å². The van der Waals surface area contributed by atoms with Gasteiger partial charge in [-0.15, -0.1) is 11.3 Å². The zero-order valence-corrected chi connectivity index (χ0v) is 13.1. The number of hydrogen-bond donors (Lipinski definition) is 0. The van der Waals surface area contributed by atoms with E-state index in [1.54, 1.807) is 0 Å². The van der Waals surface area contributed by atoms with Gasteiger partial charge in [0.1, 0.15) is 8.80 Å². The second kappa shape index (κ2) is 6.68. The lowest BCUT2D eigenvalue weighted by atomic mass is 10.4. The van der Waals surface area contributed by atoms with Crippen LogP contribution in [-0.2, 0) is 6.42 Å². The van der Waals surface area contributed by atoms with Crippen LogP contribution >= 0.6 is 11.3 Å². The first kappa shape index (κ1) is 13.3. The van der Waals surface area contributed by atoms with E-state index in [2.05, 4.69) is 78.2 Å². The van der Waals surface area contributed by atoms with E-state index in [1.165, 1.54) is 27.7 Å². The highest BCUT2D eigenvalue weighted by atomic mass is 32.1.